The molecule has 12 nitrogen and oxygen atoms in total. The molecule has 6 rings (SSSR count). The SMILES string of the molecule is CN(C)c1ccc2c(c1)c(=O)n(-c1ccc(C[C@H](NC(=O)c3c(F)cc(N4CCOC[C@@H]4C(F)(F)F)cc3F)C(=O)O)c3cccnc13)c(=O)n2C. The Bertz CT molecular complexity index is 2340. The molecule has 1 amide bonds. The van der Waals surface area contributed by atoms with E-state index in [-0.39, 0.29) is 29.7 Å². The molecule has 0 saturated carbocycles. The molecular weight excluding hydrogens is 695 g/mol. The molecule has 1 aliphatic rings. The summed E-state index contributed by atoms with van der Waals surface area (Å²) in [6, 6.07) is 8.28. The van der Waals surface area contributed by atoms with Crippen molar-refractivity contribution in [3.8, 4) is 5.69 Å². The van der Waals surface area contributed by atoms with Gasteiger partial charge in [-0.1, -0.05) is 12.1 Å². The molecule has 0 radical (unpaired) electrons. The van der Waals surface area contributed by atoms with E-state index in [2.05, 4.69) is 10.3 Å². The standard InChI is InChI=1S/C35H31F5N6O6/c1-43(2)19-7-9-26-22(14-19)32(48)46(34(51)44(26)3)27-8-6-18(21-5-4-10-41-30(21)27)13-25(33(49)50)42-31(47)29-23(36)15-20(16-24(29)37)45-11-12-52-17-28(45)35(38,39)40/h4-10,14-16,25,28H,11-13,17H2,1-3H3,(H,42,47)(H,49,50)/t25-,28+/m0/s1. The Morgan fingerprint density at radius 1 is 1.06 bits per heavy atom. The Balaban J connectivity index is 1.34. The van der Waals surface area contributed by atoms with Gasteiger partial charge in [-0.05, 0) is 48.0 Å². The highest BCUT2D eigenvalue weighted by Gasteiger charge is 2.46. The van der Waals surface area contributed by atoms with Crippen molar-refractivity contribution in [2.75, 3.05) is 43.7 Å². The molecule has 0 aliphatic carbocycles. The fourth-order valence-electron chi connectivity index (χ4n) is 6.29. The number of ether oxygens (including phenoxy) is 1. The van der Waals surface area contributed by atoms with Crippen LogP contribution in [0.15, 0.2) is 70.4 Å². The summed E-state index contributed by atoms with van der Waals surface area (Å²) in [5, 5.41) is 12.7. The molecule has 2 atom stereocenters. The second kappa shape index (κ2) is 13.7. The number of aliphatic carboxylic acids is 1. The van der Waals surface area contributed by atoms with Crippen molar-refractivity contribution in [2.24, 2.45) is 7.05 Å². The summed E-state index contributed by atoms with van der Waals surface area (Å²) >= 11 is 0. The fourth-order valence-corrected chi connectivity index (χ4v) is 6.29. The molecule has 1 saturated heterocycles. The summed E-state index contributed by atoms with van der Waals surface area (Å²) in [6.45, 7) is -1.21. The number of carbonyl (C=O) groups excluding carboxylic acids is 1. The molecule has 3 heterocycles. The number of hydrogen-bond donors (Lipinski definition) is 2. The number of hydrogen-bond acceptors (Lipinski definition) is 8. The monoisotopic (exact) mass is 726 g/mol. The van der Waals surface area contributed by atoms with Gasteiger partial charge < -0.3 is 25.0 Å². The van der Waals surface area contributed by atoms with Crippen molar-refractivity contribution in [1.82, 2.24) is 19.4 Å². The maximum absolute atomic E-state index is 15.2. The van der Waals surface area contributed by atoms with E-state index in [1.165, 1.54) is 29.9 Å². The van der Waals surface area contributed by atoms with Gasteiger partial charge in [0, 0.05) is 57.1 Å². The number of amides is 1. The van der Waals surface area contributed by atoms with Crippen molar-refractivity contribution in [2.45, 2.75) is 24.7 Å². The Kier molecular flexibility index (Phi) is 9.48. The van der Waals surface area contributed by atoms with Crippen LogP contribution in [0, 0.1) is 11.6 Å². The lowest BCUT2D eigenvalue weighted by Gasteiger charge is -2.38. The zero-order valence-electron chi connectivity index (χ0n) is 27.9. The summed E-state index contributed by atoms with van der Waals surface area (Å²) in [5.74, 6) is -6.01. The van der Waals surface area contributed by atoms with Gasteiger partial charge in [0.25, 0.3) is 11.5 Å². The first kappa shape index (κ1) is 36.0. The number of carboxylic acids is 1. The lowest BCUT2D eigenvalue weighted by Crippen LogP contribution is -2.53. The number of alkyl halides is 3. The number of halogens is 5. The maximum Gasteiger partial charge on any atom is 0.411 e. The van der Waals surface area contributed by atoms with E-state index in [0.717, 1.165) is 15.2 Å². The quantitative estimate of drug-likeness (QED) is 0.229. The molecule has 0 unspecified atom stereocenters. The van der Waals surface area contributed by atoms with Crippen molar-refractivity contribution in [1.29, 1.82) is 0 Å². The van der Waals surface area contributed by atoms with E-state index in [1.807, 2.05) is 0 Å². The number of morpholine rings is 1. The first-order valence-electron chi connectivity index (χ1n) is 15.8. The van der Waals surface area contributed by atoms with Crippen molar-refractivity contribution in [3.63, 3.8) is 0 Å². The lowest BCUT2D eigenvalue weighted by atomic mass is 9.99. The first-order chi connectivity index (χ1) is 24.6. The topological polar surface area (TPSA) is 139 Å². The van der Waals surface area contributed by atoms with Crippen LogP contribution in [-0.2, 0) is 23.0 Å². The summed E-state index contributed by atoms with van der Waals surface area (Å²) < 4.78 is 78.3. The van der Waals surface area contributed by atoms with E-state index in [0.29, 0.717) is 28.6 Å². The minimum absolute atomic E-state index is 0.107. The molecule has 1 fully saturated rings. The van der Waals surface area contributed by atoms with E-state index in [9.17, 15) is 37.5 Å². The van der Waals surface area contributed by atoms with Crippen LogP contribution >= 0.6 is 0 Å². The van der Waals surface area contributed by atoms with E-state index < -0.39 is 77.3 Å². The summed E-state index contributed by atoms with van der Waals surface area (Å²) in [6.07, 6.45) is -3.79. The highest BCUT2D eigenvalue weighted by Crippen LogP contribution is 2.33. The summed E-state index contributed by atoms with van der Waals surface area (Å²) in [4.78, 5) is 59.7. The molecule has 272 valence electrons. The lowest BCUT2D eigenvalue weighted by molar-refractivity contribution is -0.167. The van der Waals surface area contributed by atoms with Gasteiger partial charge in [-0.2, -0.15) is 13.2 Å². The second-order valence-corrected chi connectivity index (χ2v) is 12.4. The van der Waals surface area contributed by atoms with Gasteiger partial charge in [0.1, 0.15) is 29.3 Å². The van der Waals surface area contributed by atoms with Gasteiger partial charge in [-0.15, -0.1) is 0 Å². The smallest absolute Gasteiger partial charge is 0.411 e. The summed E-state index contributed by atoms with van der Waals surface area (Å²) in [7, 11) is 5.12. The van der Waals surface area contributed by atoms with Crippen LogP contribution in [0.1, 0.15) is 15.9 Å². The summed E-state index contributed by atoms with van der Waals surface area (Å²) in [5.41, 5.74) is -1.25. The highest BCUT2D eigenvalue weighted by molar-refractivity contribution is 5.98. The predicted molar refractivity (Wildman–Crippen MR) is 181 cm³/mol. The van der Waals surface area contributed by atoms with Crippen LogP contribution in [0.3, 0.4) is 0 Å². The molecule has 5 aromatic rings. The molecule has 1 aliphatic heterocycles. The van der Waals surface area contributed by atoms with Gasteiger partial charge in [0.2, 0.25) is 0 Å². The second-order valence-electron chi connectivity index (χ2n) is 12.4. The number of benzene rings is 3. The fraction of sp³-hybridized carbons (Fsp3) is 0.286. The molecule has 3 aromatic carbocycles. The van der Waals surface area contributed by atoms with Gasteiger partial charge >= 0.3 is 17.8 Å². The molecule has 0 spiro atoms. The average molecular weight is 727 g/mol. The van der Waals surface area contributed by atoms with E-state index in [4.69, 9.17) is 4.74 Å². The zero-order chi connectivity index (χ0) is 37.6. The van der Waals surface area contributed by atoms with Crippen LogP contribution in [-0.4, -0.2) is 83.2 Å². The van der Waals surface area contributed by atoms with Crippen LogP contribution in [0.5, 0.6) is 0 Å². The van der Waals surface area contributed by atoms with Crippen molar-refractivity contribution < 1.29 is 41.4 Å². The zero-order valence-corrected chi connectivity index (χ0v) is 27.9. The first-order valence-corrected chi connectivity index (χ1v) is 15.8. The Labute approximate surface area is 291 Å². The third-order valence-electron chi connectivity index (χ3n) is 8.97. The number of nitrogens with zero attached hydrogens (tertiary/aromatic N) is 5. The number of aromatic nitrogens is 3. The highest BCUT2D eigenvalue weighted by atomic mass is 19.4. The number of aryl methyl sites for hydroxylation is 1. The van der Waals surface area contributed by atoms with Gasteiger partial charge in [-0.25, -0.2) is 22.9 Å². The number of anilines is 2. The molecular formula is C35H31F5N6O6. The largest absolute Gasteiger partial charge is 0.480 e. The normalized spacial score (nSPS) is 15.5. The Morgan fingerprint density at radius 3 is 2.42 bits per heavy atom. The van der Waals surface area contributed by atoms with Crippen LogP contribution < -0.4 is 26.4 Å². The minimum Gasteiger partial charge on any atom is -0.480 e. The number of pyridine rings is 1. The van der Waals surface area contributed by atoms with E-state index >= 15 is 8.78 Å². The number of rotatable bonds is 8. The third kappa shape index (κ3) is 6.54. The Morgan fingerprint density at radius 2 is 1.77 bits per heavy atom. The van der Waals surface area contributed by atoms with Crippen LogP contribution in [0.25, 0.3) is 27.5 Å². The average Bonchev–Trinajstić information content (AvgIpc) is 3.10. The Hall–Kier alpha value is -5.84. The maximum atomic E-state index is 15.2. The van der Waals surface area contributed by atoms with E-state index in [1.54, 1.807) is 49.3 Å². The number of fused-ring (bicyclic) bond motifs is 2. The predicted octanol–water partition coefficient (Wildman–Crippen LogP) is 3.78. The molecule has 0 bridgehead atoms. The molecule has 2 N–H and O–H groups in total. The van der Waals surface area contributed by atoms with Crippen LogP contribution in [0.2, 0.25) is 0 Å². The molecule has 17 heteroatoms. The van der Waals surface area contributed by atoms with Crippen LogP contribution in [0.4, 0.5) is 33.3 Å². The van der Waals surface area contributed by atoms with Gasteiger partial charge in [0.05, 0.1) is 35.3 Å². The van der Waals surface area contributed by atoms with Gasteiger partial charge in [0.15, 0.2) is 0 Å². The number of carbonyl (C=O) groups is 2. The number of nitrogens with one attached hydrogen (secondary N) is 1. The van der Waals surface area contributed by atoms with Crippen molar-refractivity contribution in [3.05, 3.63) is 104 Å². The van der Waals surface area contributed by atoms with Crippen molar-refractivity contribution >= 4 is 45.1 Å². The molecule has 2 aromatic heterocycles. The van der Waals surface area contributed by atoms with Gasteiger partial charge in [-0.3, -0.25) is 19.1 Å². The number of carboxylic acid groups (broad SMARTS) is 1. The molecule has 52 heavy (non-hydrogen) atoms. The minimum atomic E-state index is -4.77. The third-order valence-corrected chi connectivity index (χ3v) is 8.97.